The molecule has 32 heavy (non-hydrogen) atoms. The second kappa shape index (κ2) is 11.7. The van der Waals surface area contributed by atoms with Gasteiger partial charge in [-0.25, -0.2) is 13.6 Å². The molecule has 0 radical (unpaired) electrons. The van der Waals surface area contributed by atoms with Gasteiger partial charge in [-0.1, -0.05) is 12.8 Å². The highest BCUT2D eigenvalue weighted by molar-refractivity contribution is 5.91. The average molecular weight is 457 g/mol. The van der Waals surface area contributed by atoms with E-state index in [1.165, 1.54) is 14.2 Å². The van der Waals surface area contributed by atoms with Crippen molar-refractivity contribution in [2.75, 3.05) is 66.7 Å². The molecule has 1 aromatic rings. The Balaban J connectivity index is 1.73. The molecule has 2 aliphatic heterocycles. The Labute approximate surface area is 188 Å². The summed E-state index contributed by atoms with van der Waals surface area (Å²) in [7, 11) is 3.02. The van der Waals surface area contributed by atoms with Crippen LogP contribution in [0.5, 0.6) is 17.2 Å². The summed E-state index contributed by atoms with van der Waals surface area (Å²) < 4.78 is 50.8. The number of methoxy groups -OCH3 is 2. The molecule has 2 aliphatic rings. The van der Waals surface area contributed by atoms with E-state index in [9.17, 15) is 13.6 Å². The molecule has 2 heterocycles. The van der Waals surface area contributed by atoms with E-state index in [0.29, 0.717) is 62.0 Å². The lowest BCUT2D eigenvalue weighted by Crippen LogP contribution is -2.40. The van der Waals surface area contributed by atoms with Crippen molar-refractivity contribution in [3.05, 3.63) is 17.7 Å². The van der Waals surface area contributed by atoms with Crippen LogP contribution in [-0.4, -0.2) is 88.4 Å². The van der Waals surface area contributed by atoms with Gasteiger partial charge in [0.15, 0.2) is 11.5 Å². The van der Waals surface area contributed by atoms with E-state index in [4.69, 9.17) is 18.9 Å². The van der Waals surface area contributed by atoms with Crippen LogP contribution in [0.1, 0.15) is 42.5 Å². The number of alkyl halides is 2. The third-order valence-corrected chi connectivity index (χ3v) is 5.80. The minimum absolute atomic E-state index is 0.148. The number of ether oxygens (including phenoxy) is 4. The van der Waals surface area contributed by atoms with Crippen molar-refractivity contribution in [1.29, 1.82) is 0 Å². The van der Waals surface area contributed by atoms with E-state index in [-0.39, 0.29) is 19.7 Å². The van der Waals surface area contributed by atoms with Crippen LogP contribution in [0.15, 0.2) is 12.1 Å². The second-order valence-corrected chi connectivity index (χ2v) is 8.37. The fourth-order valence-electron chi connectivity index (χ4n) is 4.19. The zero-order chi connectivity index (χ0) is 23.0. The molecule has 0 aliphatic carbocycles. The summed E-state index contributed by atoms with van der Waals surface area (Å²) >= 11 is 0. The Morgan fingerprint density at radius 3 is 2.19 bits per heavy atom. The molecule has 0 spiro atoms. The number of carbonyl (C=O) groups is 1. The number of esters is 1. The van der Waals surface area contributed by atoms with E-state index in [1.807, 2.05) is 4.90 Å². The molecule has 0 saturated carbocycles. The van der Waals surface area contributed by atoms with Crippen LogP contribution in [0.3, 0.4) is 0 Å². The molecule has 2 unspecified atom stereocenters. The quantitative estimate of drug-likeness (QED) is 0.632. The number of cyclic esters (lactones) is 1. The molecule has 1 fully saturated rings. The van der Waals surface area contributed by atoms with E-state index >= 15 is 0 Å². The van der Waals surface area contributed by atoms with Crippen LogP contribution >= 0.6 is 0 Å². The van der Waals surface area contributed by atoms with Crippen molar-refractivity contribution in [3.8, 4) is 17.2 Å². The van der Waals surface area contributed by atoms with Crippen molar-refractivity contribution in [1.82, 2.24) is 9.80 Å². The van der Waals surface area contributed by atoms with Gasteiger partial charge in [-0.15, -0.1) is 0 Å². The topological polar surface area (TPSA) is 60.5 Å². The molecule has 0 N–H and O–H groups in total. The van der Waals surface area contributed by atoms with Crippen molar-refractivity contribution in [2.24, 2.45) is 0 Å². The first-order valence-electron chi connectivity index (χ1n) is 11.3. The van der Waals surface area contributed by atoms with Gasteiger partial charge >= 0.3 is 5.97 Å². The predicted octanol–water partition coefficient (Wildman–Crippen LogP) is 3.46. The highest BCUT2D eigenvalue weighted by Gasteiger charge is 2.36. The fraction of sp³-hybridized carbons (Fsp3) is 0.696. The highest BCUT2D eigenvalue weighted by atomic mass is 19.3. The van der Waals surface area contributed by atoms with Crippen LogP contribution in [-0.2, 0) is 4.74 Å². The Bertz CT molecular complexity index is 762. The molecule has 1 aromatic carbocycles. The van der Waals surface area contributed by atoms with Crippen LogP contribution in [0.2, 0.25) is 0 Å². The van der Waals surface area contributed by atoms with Gasteiger partial charge in [-0.05, 0) is 37.9 Å². The number of nitrogens with zero attached hydrogens (tertiary/aromatic N) is 2. The lowest BCUT2D eigenvalue weighted by atomic mass is 10.1. The molecule has 0 aromatic heterocycles. The third kappa shape index (κ3) is 6.93. The Hall–Kier alpha value is -2.13. The lowest BCUT2D eigenvalue weighted by Gasteiger charge is -2.24. The van der Waals surface area contributed by atoms with Gasteiger partial charge in [0.1, 0.15) is 0 Å². The first-order chi connectivity index (χ1) is 15.4. The molecule has 4 bridgehead atoms. The van der Waals surface area contributed by atoms with Crippen LogP contribution in [0, 0.1) is 0 Å². The monoisotopic (exact) mass is 456 g/mol. The summed E-state index contributed by atoms with van der Waals surface area (Å²) in [6.45, 7) is 2.50. The first kappa shape index (κ1) is 24.5. The summed E-state index contributed by atoms with van der Waals surface area (Å²) in [5.41, 5.74) is 0.299. The maximum absolute atomic E-state index is 14.4. The molecule has 1 saturated heterocycles. The lowest BCUT2D eigenvalue weighted by molar-refractivity contribution is -0.0386. The molecule has 180 valence electrons. The van der Waals surface area contributed by atoms with Gasteiger partial charge in [0.25, 0.3) is 5.92 Å². The van der Waals surface area contributed by atoms with Crippen molar-refractivity contribution in [2.45, 2.75) is 38.0 Å². The molecular formula is C23H34F2N2O5. The van der Waals surface area contributed by atoms with Crippen LogP contribution in [0.25, 0.3) is 0 Å². The summed E-state index contributed by atoms with van der Waals surface area (Å²) in [5.74, 6) is -1.99. The minimum Gasteiger partial charge on any atom is -0.493 e. The maximum Gasteiger partial charge on any atom is 0.338 e. The summed E-state index contributed by atoms with van der Waals surface area (Å²) in [4.78, 5) is 16.2. The van der Waals surface area contributed by atoms with Gasteiger partial charge in [-0.3, -0.25) is 9.80 Å². The van der Waals surface area contributed by atoms with Crippen LogP contribution < -0.4 is 14.2 Å². The van der Waals surface area contributed by atoms with E-state index < -0.39 is 11.9 Å². The summed E-state index contributed by atoms with van der Waals surface area (Å²) in [6.07, 6.45) is 4.05. The minimum atomic E-state index is -2.74. The van der Waals surface area contributed by atoms with Crippen LogP contribution in [0.4, 0.5) is 8.78 Å². The number of rotatable bonds is 2. The van der Waals surface area contributed by atoms with Gasteiger partial charge in [0.2, 0.25) is 5.75 Å². The van der Waals surface area contributed by atoms with Crippen molar-refractivity contribution < 1.29 is 32.5 Å². The zero-order valence-corrected chi connectivity index (χ0v) is 19.0. The number of hydrogen-bond acceptors (Lipinski definition) is 7. The number of carbonyl (C=O) groups excluding carboxylic acids is 1. The van der Waals surface area contributed by atoms with Gasteiger partial charge < -0.3 is 18.9 Å². The van der Waals surface area contributed by atoms with Gasteiger partial charge in [-0.2, -0.15) is 0 Å². The fourth-order valence-corrected chi connectivity index (χ4v) is 4.19. The zero-order valence-electron chi connectivity index (χ0n) is 19.0. The van der Waals surface area contributed by atoms with E-state index in [0.717, 1.165) is 25.7 Å². The largest absolute Gasteiger partial charge is 0.493 e. The Morgan fingerprint density at radius 2 is 1.50 bits per heavy atom. The standard InChI is InChI=1S/C23H34F2N2O5/c1-29-19-14-18-15-20(21(19)30-2)31-12-6-4-3-5-8-26-10-11-27(17-23(24,25)16-26)9-7-13-32-22(18)28/h14-15H,3-13,16-17H2,1-2H3. The first-order valence-corrected chi connectivity index (χ1v) is 11.3. The molecule has 0 amide bonds. The Morgan fingerprint density at radius 1 is 0.844 bits per heavy atom. The van der Waals surface area contributed by atoms with E-state index in [1.54, 1.807) is 17.0 Å². The van der Waals surface area contributed by atoms with E-state index in [2.05, 4.69) is 0 Å². The van der Waals surface area contributed by atoms with Gasteiger partial charge in [0, 0.05) is 19.6 Å². The molecule has 9 heteroatoms. The molecule has 3 rings (SSSR count). The molecule has 7 nitrogen and oxygen atoms in total. The second-order valence-electron chi connectivity index (χ2n) is 8.37. The molecular weight excluding hydrogens is 422 g/mol. The van der Waals surface area contributed by atoms with Crippen molar-refractivity contribution >= 4 is 5.97 Å². The normalized spacial score (nSPS) is 25.3. The number of fused-ring (bicyclic) bond motifs is 5. The third-order valence-electron chi connectivity index (χ3n) is 5.80. The smallest absolute Gasteiger partial charge is 0.338 e. The summed E-state index contributed by atoms with van der Waals surface area (Å²) in [6, 6.07) is 3.15. The van der Waals surface area contributed by atoms with Gasteiger partial charge in [0.05, 0.1) is 46.1 Å². The predicted molar refractivity (Wildman–Crippen MR) is 116 cm³/mol. The van der Waals surface area contributed by atoms with Crippen molar-refractivity contribution in [3.63, 3.8) is 0 Å². The summed E-state index contributed by atoms with van der Waals surface area (Å²) in [5, 5.41) is 0. The number of halogens is 2. The highest BCUT2D eigenvalue weighted by Crippen LogP contribution is 2.38. The number of benzene rings is 1. The maximum atomic E-state index is 14.4. The average Bonchev–Trinajstić information content (AvgIpc) is 2.91. The Kier molecular flexibility index (Phi) is 8.92. The number of hydrogen-bond donors (Lipinski definition) is 0. The SMILES string of the molecule is COc1cc2cc(c1OC)OCCCCCCN1CCN(CCCOC2=O)CC(F)(F)C1. The molecule has 2 atom stereocenters.